The van der Waals surface area contributed by atoms with E-state index in [0.717, 1.165) is 25.1 Å². The number of carbonyl (C=O) groups is 2. The van der Waals surface area contributed by atoms with Crippen LogP contribution in [0.25, 0.3) is 0 Å². The molecule has 1 fully saturated rings. The number of nitrogens with zero attached hydrogens (tertiary/aromatic N) is 1. The zero-order chi connectivity index (χ0) is 12.5. The highest BCUT2D eigenvalue weighted by atomic mass is 16.2. The van der Waals surface area contributed by atoms with Crippen LogP contribution in [0.1, 0.15) is 44.9 Å². The Bertz CT molecular complexity index is 441. The largest absolute Gasteiger partial charge is 0.308 e. The minimum atomic E-state index is -0.295. The topological polar surface area (TPSA) is 37.4 Å². The third kappa shape index (κ3) is 1.92. The average molecular weight is 245 g/mol. The molecule has 0 aromatic rings. The summed E-state index contributed by atoms with van der Waals surface area (Å²) in [5.74, 6) is 0.00198. The van der Waals surface area contributed by atoms with Crippen LogP contribution in [0.4, 0.5) is 0 Å². The van der Waals surface area contributed by atoms with Gasteiger partial charge in [0.05, 0.1) is 0 Å². The Balaban J connectivity index is 1.78. The summed E-state index contributed by atoms with van der Waals surface area (Å²) in [6.07, 6.45) is 11.9. The van der Waals surface area contributed by atoms with Crippen molar-refractivity contribution in [2.75, 3.05) is 6.54 Å². The molecule has 18 heavy (non-hydrogen) atoms. The minimum absolute atomic E-state index is 0.294. The van der Waals surface area contributed by atoms with Gasteiger partial charge in [0, 0.05) is 17.8 Å². The molecule has 1 aliphatic heterocycles. The molecule has 0 spiro atoms. The summed E-state index contributed by atoms with van der Waals surface area (Å²) in [5.41, 5.74) is 1.64. The number of hydrogen-bond acceptors (Lipinski definition) is 2. The van der Waals surface area contributed by atoms with Gasteiger partial charge in [-0.25, -0.2) is 0 Å². The number of Topliss-reactive ketones (excluding diaryl/α,β-unsaturated/α-hetero) is 1. The van der Waals surface area contributed by atoms with E-state index in [2.05, 4.69) is 0 Å². The predicted octanol–water partition coefficient (Wildman–Crippen LogP) is 2.58. The molecule has 0 atom stereocenters. The Morgan fingerprint density at radius 1 is 1.17 bits per heavy atom. The number of allylic oxidation sites excluding steroid dienone is 3. The molecule has 3 nitrogen and oxygen atoms in total. The maximum atomic E-state index is 12.0. The molecule has 2 aliphatic carbocycles. The number of carbonyl (C=O) groups excluding carboxylic acids is 2. The average Bonchev–Trinajstić information content (AvgIpc) is 2.66. The van der Waals surface area contributed by atoms with Crippen molar-refractivity contribution in [1.29, 1.82) is 0 Å². The van der Waals surface area contributed by atoms with E-state index in [1.807, 2.05) is 12.2 Å². The molecule has 0 saturated heterocycles. The monoisotopic (exact) mass is 245 g/mol. The Kier molecular flexibility index (Phi) is 3.06. The predicted molar refractivity (Wildman–Crippen MR) is 68.7 cm³/mol. The van der Waals surface area contributed by atoms with Gasteiger partial charge >= 0.3 is 0 Å². The molecule has 0 radical (unpaired) electrons. The molecule has 3 rings (SSSR count). The summed E-state index contributed by atoms with van der Waals surface area (Å²) in [7, 11) is 0. The first kappa shape index (κ1) is 11.7. The van der Waals surface area contributed by atoms with Gasteiger partial charge in [0.25, 0.3) is 11.7 Å². The molecule has 1 heterocycles. The molecule has 1 saturated carbocycles. The molecule has 96 valence electrons. The molecule has 0 bridgehead atoms. The smallest absolute Gasteiger partial charge is 0.299 e. The van der Waals surface area contributed by atoms with Crippen molar-refractivity contribution in [3.8, 4) is 0 Å². The van der Waals surface area contributed by atoms with E-state index in [9.17, 15) is 9.59 Å². The van der Waals surface area contributed by atoms with Gasteiger partial charge in [-0.05, 0) is 31.6 Å². The highest BCUT2D eigenvalue weighted by molar-refractivity contribution is 6.46. The van der Waals surface area contributed by atoms with Crippen molar-refractivity contribution in [3.63, 3.8) is 0 Å². The summed E-state index contributed by atoms with van der Waals surface area (Å²) in [6.45, 7) is 0.761. The van der Waals surface area contributed by atoms with E-state index in [1.165, 1.54) is 32.1 Å². The fraction of sp³-hybridized carbons (Fsp3) is 0.600. The lowest BCUT2D eigenvalue weighted by Gasteiger charge is -2.28. The molecular formula is C15H19NO2. The van der Waals surface area contributed by atoms with Crippen LogP contribution in [-0.2, 0) is 9.59 Å². The fourth-order valence-corrected chi connectivity index (χ4v) is 3.32. The van der Waals surface area contributed by atoms with Gasteiger partial charge in [0.2, 0.25) is 0 Å². The van der Waals surface area contributed by atoms with Gasteiger partial charge in [0.1, 0.15) is 0 Å². The lowest BCUT2D eigenvalue weighted by molar-refractivity contribution is -0.139. The molecule has 3 heteroatoms. The van der Waals surface area contributed by atoms with Crippen molar-refractivity contribution < 1.29 is 9.59 Å². The molecular weight excluding hydrogens is 226 g/mol. The first-order valence-corrected chi connectivity index (χ1v) is 7.03. The molecule has 3 aliphatic rings. The zero-order valence-corrected chi connectivity index (χ0v) is 10.7. The number of rotatable bonds is 2. The van der Waals surface area contributed by atoms with Crippen LogP contribution in [-0.4, -0.2) is 23.1 Å². The lowest BCUT2D eigenvalue weighted by Crippen LogP contribution is -2.34. The quantitative estimate of drug-likeness (QED) is 0.701. The maximum absolute atomic E-state index is 12.0. The summed E-state index contributed by atoms with van der Waals surface area (Å²) in [4.78, 5) is 25.7. The van der Waals surface area contributed by atoms with Crippen LogP contribution in [0.5, 0.6) is 0 Å². The fourth-order valence-electron chi connectivity index (χ4n) is 3.32. The van der Waals surface area contributed by atoms with Crippen LogP contribution < -0.4 is 0 Å². The third-order valence-electron chi connectivity index (χ3n) is 4.32. The Morgan fingerprint density at radius 3 is 2.72 bits per heavy atom. The van der Waals surface area contributed by atoms with Crippen LogP contribution in [0.15, 0.2) is 23.4 Å². The van der Waals surface area contributed by atoms with Crippen LogP contribution in [0, 0.1) is 5.92 Å². The van der Waals surface area contributed by atoms with Gasteiger partial charge < -0.3 is 4.90 Å². The minimum Gasteiger partial charge on any atom is -0.308 e. The highest BCUT2D eigenvalue weighted by Crippen LogP contribution is 2.33. The van der Waals surface area contributed by atoms with Crippen molar-refractivity contribution in [2.45, 2.75) is 44.9 Å². The van der Waals surface area contributed by atoms with E-state index in [-0.39, 0.29) is 11.7 Å². The second-order valence-corrected chi connectivity index (χ2v) is 5.55. The zero-order valence-electron chi connectivity index (χ0n) is 10.7. The summed E-state index contributed by atoms with van der Waals surface area (Å²) >= 11 is 0. The second kappa shape index (κ2) is 4.71. The van der Waals surface area contributed by atoms with Crippen molar-refractivity contribution >= 4 is 11.7 Å². The van der Waals surface area contributed by atoms with Gasteiger partial charge in [0.15, 0.2) is 0 Å². The number of ketones is 1. The van der Waals surface area contributed by atoms with E-state index in [1.54, 1.807) is 4.90 Å². The van der Waals surface area contributed by atoms with Crippen molar-refractivity contribution in [2.24, 2.45) is 5.92 Å². The molecule has 0 aromatic heterocycles. The van der Waals surface area contributed by atoms with Gasteiger partial charge in [-0.15, -0.1) is 0 Å². The van der Waals surface area contributed by atoms with E-state index in [4.69, 9.17) is 0 Å². The summed E-state index contributed by atoms with van der Waals surface area (Å²) in [6, 6.07) is 0. The van der Waals surface area contributed by atoms with E-state index in [0.29, 0.717) is 11.5 Å². The first-order chi connectivity index (χ1) is 8.77. The Hall–Kier alpha value is -1.38. The molecule has 0 aromatic carbocycles. The van der Waals surface area contributed by atoms with Crippen LogP contribution in [0.2, 0.25) is 0 Å². The van der Waals surface area contributed by atoms with Crippen molar-refractivity contribution in [1.82, 2.24) is 4.90 Å². The van der Waals surface area contributed by atoms with Gasteiger partial charge in [-0.2, -0.15) is 0 Å². The molecule has 0 N–H and O–H groups in total. The standard InChI is InChI=1S/C15H19NO2/c17-14-12-8-4-5-9-13(12)16(15(14)18)10-11-6-2-1-3-7-11/h4,8,11H,1-3,5-7,9-10H2. The summed E-state index contributed by atoms with van der Waals surface area (Å²) in [5, 5.41) is 0. The van der Waals surface area contributed by atoms with Gasteiger partial charge in [-0.3, -0.25) is 9.59 Å². The van der Waals surface area contributed by atoms with Crippen LogP contribution >= 0.6 is 0 Å². The van der Waals surface area contributed by atoms with Gasteiger partial charge in [-0.1, -0.05) is 31.4 Å². The highest BCUT2D eigenvalue weighted by Gasteiger charge is 2.38. The summed E-state index contributed by atoms with van der Waals surface area (Å²) < 4.78 is 0. The van der Waals surface area contributed by atoms with Crippen LogP contribution in [0.3, 0.4) is 0 Å². The lowest BCUT2D eigenvalue weighted by atomic mass is 9.89. The first-order valence-electron chi connectivity index (χ1n) is 7.03. The third-order valence-corrected chi connectivity index (χ3v) is 4.32. The number of hydrogen-bond donors (Lipinski definition) is 0. The Morgan fingerprint density at radius 2 is 1.94 bits per heavy atom. The molecule has 1 amide bonds. The maximum Gasteiger partial charge on any atom is 0.299 e. The number of amides is 1. The SMILES string of the molecule is O=C1C(=O)N(CC2CCCCC2)C2=C1C=CCC2. The van der Waals surface area contributed by atoms with Crippen molar-refractivity contribution in [3.05, 3.63) is 23.4 Å². The second-order valence-electron chi connectivity index (χ2n) is 5.55. The van der Waals surface area contributed by atoms with E-state index >= 15 is 0 Å². The Labute approximate surface area is 108 Å². The molecule has 0 unspecified atom stereocenters. The van der Waals surface area contributed by atoms with E-state index < -0.39 is 0 Å². The normalized spacial score (nSPS) is 25.0.